The summed E-state index contributed by atoms with van der Waals surface area (Å²) in [6.45, 7) is 5.80. The van der Waals surface area contributed by atoms with Gasteiger partial charge in [-0.2, -0.15) is 5.10 Å². The molecule has 1 unspecified atom stereocenters. The van der Waals surface area contributed by atoms with E-state index in [9.17, 15) is 0 Å². The third-order valence-corrected chi connectivity index (χ3v) is 2.14. The van der Waals surface area contributed by atoms with Crippen molar-refractivity contribution in [1.82, 2.24) is 15.2 Å². The van der Waals surface area contributed by atoms with Crippen LogP contribution >= 0.6 is 0 Å². The first-order valence-corrected chi connectivity index (χ1v) is 4.44. The lowest BCUT2D eigenvalue weighted by Gasteiger charge is -2.14. The summed E-state index contributed by atoms with van der Waals surface area (Å²) >= 11 is 0. The summed E-state index contributed by atoms with van der Waals surface area (Å²) in [5.41, 5.74) is 10.5. The largest absolute Gasteiger partial charge is 0.384 e. The van der Waals surface area contributed by atoms with Crippen molar-refractivity contribution in [2.24, 2.45) is 12.9 Å². The van der Waals surface area contributed by atoms with Gasteiger partial charge >= 0.3 is 0 Å². The van der Waals surface area contributed by atoms with Crippen molar-refractivity contribution >= 4 is 5.82 Å². The molecule has 5 heteroatoms. The van der Waals surface area contributed by atoms with Gasteiger partial charge in [0.15, 0.2) is 0 Å². The minimum atomic E-state index is -0.0128. The molecule has 14 heavy (non-hydrogen) atoms. The van der Waals surface area contributed by atoms with E-state index in [2.05, 4.69) is 17.1 Å². The third kappa shape index (κ3) is 2.12. The quantitative estimate of drug-likeness (QED) is 0.370. The molecule has 0 saturated heterocycles. The van der Waals surface area contributed by atoms with Gasteiger partial charge in [0.1, 0.15) is 5.82 Å². The van der Waals surface area contributed by atoms with Gasteiger partial charge in [-0.05, 0) is 13.3 Å². The Morgan fingerprint density at radius 3 is 2.79 bits per heavy atom. The number of aryl methyl sites for hydroxylation is 1. The van der Waals surface area contributed by atoms with E-state index in [1.165, 1.54) is 0 Å². The minimum absolute atomic E-state index is 0.0128. The Bertz CT molecular complexity index is 328. The van der Waals surface area contributed by atoms with Crippen molar-refractivity contribution in [1.29, 1.82) is 0 Å². The average Bonchev–Trinajstić information content (AvgIpc) is 2.44. The molecule has 0 aliphatic rings. The molecule has 0 saturated carbocycles. The van der Waals surface area contributed by atoms with Gasteiger partial charge in [0.2, 0.25) is 0 Å². The predicted molar refractivity (Wildman–Crippen MR) is 57.1 cm³/mol. The molecule has 0 radical (unpaired) electrons. The van der Waals surface area contributed by atoms with Gasteiger partial charge in [0.25, 0.3) is 0 Å². The molecule has 0 bridgehead atoms. The van der Waals surface area contributed by atoms with Crippen LogP contribution in [0.3, 0.4) is 0 Å². The Balaban J connectivity index is 2.89. The number of anilines is 1. The van der Waals surface area contributed by atoms with Crippen molar-refractivity contribution < 1.29 is 0 Å². The van der Waals surface area contributed by atoms with Crippen LogP contribution in [0.1, 0.15) is 24.9 Å². The fourth-order valence-corrected chi connectivity index (χ4v) is 1.34. The molecular formula is C9H17N5. The molecule has 0 fully saturated rings. The van der Waals surface area contributed by atoms with Crippen LogP contribution in [-0.4, -0.2) is 9.78 Å². The summed E-state index contributed by atoms with van der Waals surface area (Å²) in [6.07, 6.45) is 2.48. The van der Waals surface area contributed by atoms with Crippen molar-refractivity contribution in [3.05, 3.63) is 23.9 Å². The number of hydrazine groups is 1. The molecule has 78 valence electrons. The van der Waals surface area contributed by atoms with Crippen LogP contribution < -0.4 is 17.0 Å². The number of aromatic nitrogens is 2. The fraction of sp³-hybridized carbons (Fsp3) is 0.444. The second-order valence-electron chi connectivity index (χ2n) is 3.49. The summed E-state index contributed by atoms with van der Waals surface area (Å²) in [6, 6.07) is -0.0128. The molecule has 1 aromatic heterocycles. The van der Waals surface area contributed by atoms with Gasteiger partial charge in [0, 0.05) is 12.6 Å². The number of nitrogens with one attached hydrogen (secondary N) is 1. The summed E-state index contributed by atoms with van der Waals surface area (Å²) in [5, 5.41) is 4.06. The Morgan fingerprint density at radius 1 is 1.79 bits per heavy atom. The fourth-order valence-electron chi connectivity index (χ4n) is 1.34. The second-order valence-corrected chi connectivity index (χ2v) is 3.49. The Labute approximate surface area is 83.7 Å². The van der Waals surface area contributed by atoms with E-state index in [1.807, 2.05) is 6.92 Å². The molecule has 5 N–H and O–H groups in total. The standard InChI is InChI=1S/C9H17N5/c1-6(2)4-8(13-11)7-5-12-14(3)9(7)10/h5,8,13H,1,4,10-11H2,2-3H3. The van der Waals surface area contributed by atoms with E-state index in [0.29, 0.717) is 5.82 Å². The normalized spacial score (nSPS) is 12.8. The van der Waals surface area contributed by atoms with E-state index in [-0.39, 0.29) is 6.04 Å². The maximum absolute atomic E-state index is 5.83. The van der Waals surface area contributed by atoms with E-state index in [4.69, 9.17) is 11.6 Å². The first-order valence-electron chi connectivity index (χ1n) is 4.44. The first kappa shape index (κ1) is 10.7. The number of nitrogens with two attached hydrogens (primary N) is 2. The molecule has 1 heterocycles. The lowest BCUT2D eigenvalue weighted by molar-refractivity contribution is 0.551. The molecule has 1 aromatic rings. The number of hydrogen-bond donors (Lipinski definition) is 3. The number of nitrogen functional groups attached to an aromatic ring is 1. The lowest BCUT2D eigenvalue weighted by Crippen LogP contribution is -2.28. The molecule has 1 atom stereocenters. The van der Waals surface area contributed by atoms with Crippen molar-refractivity contribution in [2.45, 2.75) is 19.4 Å². The lowest BCUT2D eigenvalue weighted by atomic mass is 10.0. The van der Waals surface area contributed by atoms with Crippen molar-refractivity contribution in [3.8, 4) is 0 Å². The van der Waals surface area contributed by atoms with Crippen LogP contribution in [0.25, 0.3) is 0 Å². The van der Waals surface area contributed by atoms with Gasteiger partial charge in [0.05, 0.1) is 12.2 Å². The van der Waals surface area contributed by atoms with Crippen molar-refractivity contribution in [2.75, 3.05) is 5.73 Å². The number of nitrogens with zero attached hydrogens (tertiary/aromatic N) is 2. The monoisotopic (exact) mass is 195 g/mol. The number of rotatable bonds is 4. The Hall–Kier alpha value is -1.33. The molecule has 1 rings (SSSR count). The summed E-state index contributed by atoms with van der Waals surface area (Å²) in [4.78, 5) is 0. The molecular weight excluding hydrogens is 178 g/mol. The topological polar surface area (TPSA) is 81.9 Å². The minimum Gasteiger partial charge on any atom is -0.384 e. The average molecular weight is 195 g/mol. The van der Waals surface area contributed by atoms with Crippen LogP contribution in [0.15, 0.2) is 18.3 Å². The molecule has 0 aromatic carbocycles. The van der Waals surface area contributed by atoms with Crippen molar-refractivity contribution in [3.63, 3.8) is 0 Å². The van der Waals surface area contributed by atoms with Gasteiger partial charge in [-0.3, -0.25) is 16.0 Å². The first-order chi connectivity index (χ1) is 6.56. The maximum Gasteiger partial charge on any atom is 0.126 e. The summed E-state index contributed by atoms with van der Waals surface area (Å²) < 4.78 is 1.62. The molecule has 0 spiro atoms. The second kappa shape index (κ2) is 4.26. The highest BCUT2D eigenvalue weighted by atomic mass is 15.3. The third-order valence-electron chi connectivity index (χ3n) is 2.14. The zero-order valence-corrected chi connectivity index (χ0v) is 8.62. The van der Waals surface area contributed by atoms with E-state index in [0.717, 1.165) is 17.6 Å². The molecule has 0 aliphatic heterocycles. The van der Waals surface area contributed by atoms with Gasteiger partial charge in [-0.15, -0.1) is 6.58 Å². The molecule has 5 nitrogen and oxygen atoms in total. The summed E-state index contributed by atoms with van der Waals surface area (Å²) in [5.74, 6) is 6.08. The SMILES string of the molecule is C=C(C)CC(NN)c1cnn(C)c1N. The predicted octanol–water partition coefficient (Wildman–Crippen LogP) is 0.473. The van der Waals surface area contributed by atoms with Crippen LogP contribution in [0.5, 0.6) is 0 Å². The van der Waals surface area contributed by atoms with Gasteiger partial charge < -0.3 is 5.73 Å². The Morgan fingerprint density at radius 2 is 2.43 bits per heavy atom. The van der Waals surface area contributed by atoms with Gasteiger partial charge in [-0.1, -0.05) is 5.57 Å². The summed E-state index contributed by atoms with van der Waals surface area (Å²) in [7, 11) is 1.80. The van der Waals surface area contributed by atoms with Crippen LogP contribution in [-0.2, 0) is 7.05 Å². The smallest absolute Gasteiger partial charge is 0.126 e. The highest BCUT2D eigenvalue weighted by Crippen LogP contribution is 2.23. The van der Waals surface area contributed by atoms with Crippen LogP contribution in [0, 0.1) is 0 Å². The zero-order chi connectivity index (χ0) is 10.7. The molecule has 0 aliphatic carbocycles. The number of hydrogen-bond acceptors (Lipinski definition) is 4. The van der Waals surface area contributed by atoms with Gasteiger partial charge in [-0.25, -0.2) is 0 Å². The van der Waals surface area contributed by atoms with Crippen LogP contribution in [0.2, 0.25) is 0 Å². The highest BCUT2D eigenvalue weighted by Gasteiger charge is 2.15. The van der Waals surface area contributed by atoms with Crippen LogP contribution in [0.4, 0.5) is 5.82 Å². The Kier molecular flexibility index (Phi) is 3.27. The maximum atomic E-state index is 5.83. The van der Waals surface area contributed by atoms with E-state index in [1.54, 1.807) is 17.9 Å². The highest BCUT2D eigenvalue weighted by molar-refractivity contribution is 5.41. The van der Waals surface area contributed by atoms with E-state index >= 15 is 0 Å². The van der Waals surface area contributed by atoms with E-state index < -0.39 is 0 Å². The zero-order valence-electron chi connectivity index (χ0n) is 8.62. The molecule has 0 amide bonds.